The van der Waals surface area contributed by atoms with Gasteiger partial charge in [0.25, 0.3) is 0 Å². The molecule has 0 radical (unpaired) electrons. The lowest BCUT2D eigenvalue weighted by Gasteiger charge is -2.24. The molecular formula is C15H22ClN3O. The second-order valence-corrected chi connectivity index (χ2v) is 5.81. The van der Waals surface area contributed by atoms with Gasteiger partial charge in [-0.1, -0.05) is 23.7 Å². The predicted molar refractivity (Wildman–Crippen MR) is 83.2 cm³/mol. The number of amides is 1. The average molecular weight is 296 g/mol. The van der Waals surface area contributed by atoms with Gasteiger partial charge in [-0.2, -0.15) is 0 Å². The minimum Gasteiger partial charge on any atom is -0.324 e. The van der Waals surface area contributed by atoms with Crippen LogP contribution in [0.2, 0.25) is 5.02 Å². The standard InChI is InChI=1S/C15H22ClN3O/c1-11(19(2)12-7-8-12)9-17-10-15(20)18-14-6-4-3-5-13(14)16/h3-6,11-12,17H,7-10H2,1-2H3,(H,18,20). The van der Waals surface area contributed by atoms with Crippen LogP contribution in [0, 0.1) is 0 Å². The van der Waals surface area contributed by atoms with Gasteiger partial charge in [0, 0.05) is 18.6 Å². The Labute approximate surface area is 125 Å². The maximum absolute atomic E-state index is 11.8. The highest BCUT2D eigenvalue weighted by molar-refractivity contribution is 6.33. The zero-order valence-electron chi connectivity index (χ0n) is 12.0. The molecule has 0 aromatic heterocycles. The molecular weight excluding hydrogens is 274 g/mol. The van der Waals surface area contributed by atoms with Crippen molar-refractivity contribution in [3.63, 3.8) is 0 Å². The Morgan fingerprint density at radius 3 is 2.80 bits per heavy atom. The smallest absolute Gasteiger partial charge is 0.238 e. The van der Waals surface area contributed by atoms with E-state index in [1.807, 2.05) is 12.1 Å². The number of nitrogens with one attached hydrogen (secondary N) is 2. The summed E-state index contributed by atoms with van der Waals surface area (Å²) >= 11 is 5.99. The summed E-state index contributed by atoms with van der Waals surface area (Å²) in [6.07, 6.45) is 2.60. The van der Waals surface area contributed by atoms with Crippen LogP contribution in [-0.4, -0.2) is 43.0 Å². The Morgan fingerprint density at radius 2 is 2.15 bits per heavy atom. The predicted octanol–water partition coefficient (Wildman–Crippen LogP) is 2.35. The molecule has 1 atom stereocenters. The molecule has 1 amide bonds. The lowest BCUT2D eigenvalue weighted by atomic mass is 10.3. The Hall–Kier alpha value is -1.10. The van der Waals surface area contributed by atoms with Gasteiger partial charge in [0.1, 0.15) is 0 Å². The maximum atomic E-state index is 11.8. The molecule has 4 nitrogen and oxygen atoms in total. The van der Waals surface area contributed by atoms with E-state index in [0.717, 1.165) is 12.6 Å². The minimum atomic E-state index is -0.0700. The second-order valence-electron chi connectivity index (χ2n) is 5.40. The van der Waals surface area contributed by atoms with Crippen molar-refractivity contribution < 1.29 is 4.79 Å². The van der Waals surface area contributed by atoms with Crippen LogP contribution in [-0.2, 0) is 4.79 Å². The first-order valence-electron chi connectivity index (χ1n) is 7.05. The molecule has 1 aromatic carbocycles. The zero-order chi connectivity index (χ0) is 14.5. The quantitative estimate of drug-likeness (QED) is 0.811. The average Bonchev–Trinajstić information content (AvgIpc) is 3.25. The molecule has 20 heavy (non-hydrogen) atoms. The third-order valence-corrected chi connectivity index (χ3v) is 4.02. The topological polar surface area (TPSA) is 44.4 Å². The van der Waals surface area contributed by atoms with Gasteiger partial charge in [0.05, 0.1) is 17.3 Å². The molecule has 5 heteroatoms. The lowest BCUT2D eigenvalue weighted by molar-refractivity contribution is -0.115. The number of hydrogen-bond acceptors (Lipinski definition) is 3. The Bertz CT molecular complexity index is 462. The summed E-state index contributed by atoms with van der Waals surface area (Å²) in [6, 6.07) is 8.42. The summed E-state index contributed by atoms with van der Waals surface area (Å²) in [4.78, 5) is 14.2. The van der Waals surface area contributed by atoms with E-state index >= 15 is 0 Å². The van der Waals surface area contributed by atoms with Gasteiger partial charge in [-0.15, -0.1) is 0 Å². The van der Waals surface area contributed by atoms with E-state index in [2.05, 4.69) is 29.5 Å². The summed E-state index contributed by atoms with van der Waals surface area (Å²) in [5.74, 6) is -0.0700. The molecule has 0 heterocycles. The van der Waals surface area contributed by atoms with Gasteiger partial charge >= 0.3 is 0 Å². The second kappa shape index (κ2) is 7.07. The molecule has 2 rings (SSSR count). The summed E-state index contributed by atoms with van der Waals surface area (Å²) in [7, 11) is 2.15. The number of halogens is 1. The monoisotopic (exact) mass is 295 g/mol. The fourth-order valence-electron chi connectivity index (χ4n) is 2.14. The molecule has 0 spiro atoms. The fourth-order valence-corrected chi connectivity index (χ4v) is 2.32. The molecule has 1 saturated carbocycles. The number of likely N-dealkylation sites (N-methyl/N-ethyl adjacent to an activating group) is 1. The third-order valence-electron chi connectivity index (χ3n) is 3.69. The first-order chi connectivity index (χ1) is 9.58. The van der Waals surface area contributed by atoms with Crippen LogP contribution >= 0.6 is 11.6 Å². The van der Waals surface area contributed by atoms with E-state index in [4.69, 9.17) is 11.6 Å². The first kappa shape index (κ1) is 15.3. The molecule has 1 aromatic rings. The van der Waals surface area contributed by atoms with Crippen LogP contribution in [0.15, 0.2) is 24.3 Å². The largest absolute Gasteiger partial charge is 0.324 e. The van der Waals surface area contributed by atoms with Crippen molar-refractivity contribution in [3.8, 4) is 0 Å². The van der Waals surface area contributed by atoms with E-state index in [1.54, 1.807) is 12.1 Å². The number of nitrogens with zero attached hydrogens (tertiary/aromatic N) is 1. The summed E-state index contributed by atoms with van der Waals surface area (Å²) in [5.41, 5.74) is 0.657. The molecule has 0 bridgehead atoms. The van der Waals surface area contributed by atoms with E-state index in [0.29, 0.717) is 23.3 Å². The number of para-hydroxylation sites is 1. The minimum absolute atomic E-state index is 0.0700. The van der Waals surface area contributed by atoms with E-state index < -0.39 is 0 Å². The molecule has 0 saturated heterocycles. The molecule has 1 unspecified atom stereocenters. The molecule has 0 aliphatic heterocycles. The number of benzene rings is 1. The molecule has 1 aliphatic rings. The molecule has 110 valence electrons. The van der Waals surface area contributed by atoms with Gasteiger partial charge in [0.2, 0.25) is 5.91 Å². The highest BCUT2D eigenvalue weighted by atomic mass is 35.5. The summed E-state index contributed by atoms with van der Waals surface area (Å²) in [5, 5.41) is 6.55. The van der Waals surface area contributed by atoms with Crippen molar-refractivity contribution in [1.82, 2.24) is 10.2 Å². The number of hydrogen-bond donors (Lipinski definition) is 2. The van der Waals surface area contributed by atoms with Crippen molar-refractivity contribution in [2.24, 2.45) is 0 Å². The Morgan fingerprint density at radius 1 is 1.45 bits per heavy atom. The van der Waals surface area contributed by atoms with Crippen molar-refractivity contribution in [2.45, 2.75) is 31.8 Å². The molecule has 1 aliphatic carbocycles. The zero-order valence-corrected chi connectivity index (χ0v) is 12.8. The number of carbonyl (C=O) groups excluding carboxylic acids is 1. The van der Waals surface area contributed by atoms with Gasteiger partial charge in [-0.25, -0.2) is 0 Å². The van der Waals surface area contributed by atoms with Crippen LogP contribution in [0.3, 0.4) is 0 Å². The highest BCUT2D eigenvalue weighted by Crippen LogP contribution is 2.26. The number of anilines is 1. The van der Waals surface area contributed by atoms with E-state index in [9.17, 15) is 4.79 Å². The van der Waals surface area contributed by atoms with Gasteiger partial charge in [-0.3, -0.25) is 9.69 Å². The first-order valence-corrected chi connectivity index (χ1v) is 7.42. The van der Waals surface area contributed by atoms with E-state index in [1.165, 1.54) is 12.8 Å². The number of carbonyl (C=O) groups is 1. The Balaban J connectivity index is 1.68. The maximum Gasteiger partial charge on any atom is 0.238 e. The lowest BCUT2D eigenvalue weighted by Crippen LogP contribution is -2.41. The normalized spacial score (nSPS) is 16.2. The highest BCUT2D eigenvalue weighted by Gasteiger charge is 2.28. The molecule has 2 N–H and O–H groups in total. The van der Waals surface area contributed by atoms with Crippen molar-refractivity contribution in [2.75, 3.05) is 25.5 Å². The summed E-state index contributed by atoms with van der Waals surface area (Å²) in [6.45, 7) is 3.29. The van der Waals surface area contributed by atoms with Crippen LogP contribution in [0.1, 0.15) is 19.8 Å². The fraction of sp³-hybridized carbons (Fsp3) is 0.533. The molecule has 1 fully saturated rings. The van der Waals surface area contributed by atoms with Crippen LogP contribution < -0.4 is 10.6 Å². The van der Waals surface area contributed by atoms with Crippen molar-refractivity contribution >= 4 is 23.2 Å². The van der Waals surface area contributed by atoms with Crippen molar-refractivity contribution in [1.29, 1.82) is 0 Å². The van der Waals surface area contributed by atoms with Crippen molar-refractivity contribution in [3.05, 3.63) is 29.3 Å². The number of rotatable bonds is 7. The van der Waals surface area contributed by atoms with Crippen LogP contribution in [0.4, 0.5) is 5.69 Å². The SMILES string of the molecule is CC(CNCC(=O)Nc1ccccc1Cl)N(C)C1CC1. The van der Waals surface area contributed by atoms with Gasteiger partial charge < -0.3 is 10.6 Å². The Kier molecular flexibility index (Phi) is 5.40. The van der Waals surface area contributed by atoms with Gasteiger partial charge in [0.15, 0.2) is 0 Å². The van der Waals surface area contributed by atoms with E-state index in [-0.39, 0.29) is 5.91 Å². The van der Waals surface area contributed by atoms with Crippen LogP contribution in [0.5, 0.6) is 0 Å². The van der Waals surface area contributed by atoms with Crippen LogP contribution in [0.25, 0.3) is 0 Å². The third kappa shape index (κ3) is 4.47. The van der Waals surface area contributed by atoms with Gasteiger partial charge in [-0.05, 0) is 38.9 Å². The summed E-state index contributed by atoms with van der Waals surface area (Å²) < 4.78 is 0.